The smallest absolute Gasteiger partial charge is 0.338 e. The highest BCUT2D eigenvalue weighted by atomic mass is 127. The average molecular weight is 629 g/mol. The van der Waals surface area contributed by atoms with Crippen LogP contribution in [0.15, 0.2) is 91.4 Å². The Bertz CT molecular complexity index is 1630. The van der Waals surface area contributed by atoms with Gasteiger partial charge >= 0.3 is 5.97 Å². The number of hydrogen-bond donors (Lipinski definition) is 0. The second kappa shape index (κ2) is 10.6. The number of ether oxygens (including phenoxy) is 1. The van der Waals surface area contributed by atoms with Crippen molar-refractivity contribution in [3.8, 4) is 0 Å². The van der Waals surface area contributed by atoms with Crippen LogP contribution in [0.2, 0.25) is 0 Å². The van der Waals surface area contributed by atoms with Crippen molar-refractivity contribution in [3.63, 3.8) is 0 Å². The molecule has 182 valence electrons. The third-order valence-electron chi connectivity index (χ3n) is 5.67. The minimum atomic E-state index is -0.690. The van der Waals surface area contributed by atoms with Crippen molar-refractivity contribution in [2.45, 2.75) is 17.9 Å². The van der Waals surface area contributed by atoms with E-state index < -0.39 is 12.0 Å². The van der Waals surface area contributed by atoms with Gasteiger partial charge in [-0.1, -0.05) is 53.8 Å². The van der Waals surface area contributed by atoms with Crippen LogP contribution in [-0.2, 0) is 9.53 Å². The molecule has 0 aliphatic carbocycles. The van der Waals surface area contributed by atoms with E-state index in [4.69, 9.17) is 14.1 Å². The summed E-state index contributed by atoms with van der Waals surface area (Å²) in [5.41, 5.74) is 2.20. The molecule has 0 amide bonds. The second-order valence-corrected chi connectivity index (χ2v) is 10.8. The van der Waals surface area contributed by atoms with Gasteiger partial charge in [-0.3, -0.25) is 9.36 Å². The fraction of sp³-hybridized carbons (Fsp3) is 0.148. The summed E-state index contributed by atoms with van der Waals surface area (Å²) in [7, 11) is 0. The SMILES string of the molecule is CCOC(=O)C1=C(c2ccccc2)N=c2s/c(=C\c3ccc(I)o3)c(=O)n2[C@H]1c1ccc(SC)cc1. The van der Waals surface area contributed by atoms with Gasteiger partial charge in [0, 0.05) is 16.5 Å². The van der Waals surface area contributed by atoms with Crippen molar-refractivity contribution in [1.29, 1.82) is 0 Å². The van der Waals surface area contributed by atoms with Gasteiger partial charge in [-0.05, 0) is 65.6 Å². The van der Waals surface area contributed by atoms with Crippen LogP contribution >= 0.6 is 45.7 Å². The van der Waals surface area contributed by atoms with Gasteiger partial charge in [0.2, 0.25) is 0 Å². The van der Waals surface area contributed by atoms with Crippen molar-refractivity contribution < 1.29 is 13.9 Å². The molecule has 1 aliphatic heterocycles. The fourth-order valence-corrected chi connectivity index (χ4v) is 5.90. The molecular formula is C27H21IN2O4S2. The predicted octanol–water partition coefficient (Wildman–Crippen LogP) is 4.86. The van der Waals surface area contributed by atoms with E-state index in [9.17, 15) is 9.59 Å². The standard InChI is InChI=1S/C27H21IN2O4S2/c1-3-33-26(32)22-23(16-7-5-4-6-8-16)29-27-30(24(22)17-9-12-19(35-2)13-10-17)25(31)20(36-27)15-18-11-14-21(28)34-18/h4-15,24H,3H2,1-2H3/b20-15-/t24-/m0/s1. The number of hydrogen-bond acceptors (Lipinski definition) is 7. The normalized spacial score (nSPS) is 15.5. The van der Waals surface area contributed by atoms with Gasteiger partial charge < -0.3 is 9.15 Å². The first kappa shape index (κ1) is 24.8. The zero-order valence-corrected chi connectivity index (χ0v) is 23.2. The van der Waals surface area contributed by atoms with E-state index in [0.717, 1.165) is 19.8 Å². The largest absolute Gasteiger partial charge is 0.463 e. The Balaban J connectivity index is 1.82. The van der Waals surface area contributed by atoms with Crippen molar-refractivity contribution in [2.24, 2.45) is 4.99 Å². The molecule has 0 spiro atoms. The number of halogens is 1. The van der Waals surface area contributed by atoms with Gasteiger partial charge in [0.15, 0.2) is 8.57 Å². The van der Waals surface area contributed by atoms with Crippen LogP contribution in [0.4, 0.5) is 0 Å². The number of aromatic nitrogens is 1. The number of nitrogens with zero attached hydrogens (tertiary/aromatic N) is 2. The first-order valence-electron chi connectivity index (χ1n) is 11.2. The number of carbonyl (C=O) groups is 1. The summed E-state index contributed by atoms with van der Waals surface area (Å²) >= 11 is 4.99. The quantitative estimate of drug-likeness (QED) is 0.174. The number of rotatable bonds is 6. The van der Waals surface area contributed by atoms with Crippen molar-refractivity contribution in [2.75, 3.05) is 12.9 Å². The third-order valence-corrected chi connectivity index (χ3v) is 7.98. The molecule has 1 aliphatic rings. The lowest BCUT2D eigenvalue weighted by Crippen LogP contribution is -2.40. The molecule has 5 rings (SSSR count). The fourth-order valence-electron chi connectivity index (χ4n) is 4.08. The molecule has 0 bridgehead atoms. The Morgan fingerprint density at radius 2 is 1.92 bits per heavy atom. The maximum atomic E-state index is 13.8. The molecule has 36 heavy (non-hydrogen) atoms. The monoisotopic (exact) mass is 628 g/mol. The first-order valence-corrected chi connectivity index (χ1v) is 14.3. The molecule has 0 saturated heterocycles. The Kier molecular flexibility index (Phi) is 7.31. The Morgan fingerprint density at radius 3 is 2.56 bits per heavy atom. The zero-order valence-electron chi connectivity index (χ0n) is 19.4. The van der Waals surface area contributed by atoms with Gasteiger partial charge in [-0.2, -0.15) is 0 Å². The number of thioether (sulfide) groups is 1. The van der Waals surface area contributed by atoms with Crippen molar-refractivity contribution in [3.05, 3.63) is 113 Å². The number of benzene rings is 2. The molecule has 0 radical (unpaired) electrons. The number of carbonyl (C=O) groups excluding carboxylic acids is 1. The molecule has 2 aromatic heterocycles. The number of thiazole rings is 1. The van der Waals surface area contributed by atoms with Crippen molar-refractivity contribution >= 4 is 63.4 Å². The Morgan fingerprint density at radius 1 is 1.17 bits per heavy atom. The van der Waals surface area contributed by atoms with Crippen LogP contribution in [0.1, 0.15) is 29.9 Å². The van der Waals surface area contributed by atoms with Crippen LogP contribution in [0, 0.1) is 3.77 Å². The van der Waals surface area contributed by atoms with E-state index in [1.165, 1.54) is 11.3 Å². The summed E-state index contributed by atoms with van der Waals surface area (Å²) < 4.78 is 14.0. The average Bonchev–Trinajstić information content (AvgIpc) is 3.45. The number of furan rings is 1. The van der Waals surface area contributed by atoms with E-state index in [0.29, 0.717) is 26.4 Å². The van der Waals surface area contributed by atoms with E-state index in [2.05, 4.69) is 22.6 Å². The maximum Gasteiger partial charge on any atom is 0.338 e. The molecule has 0 fully saturated rings. The first-order chi connectivity index (χ1) is 17.5. The molecule has 6 nitrogen and oxygen atoms in total. The minimum absolute atomic E-state index is 0.212. The lowest BCUT2D eigenvalue weighted by atomic mass is 9.93. The topological polar surface area (TPSA) is 73.8 Å². The third kappa shape index (κ3) is 4.74. The zero-order chi connectivity index (χ0) is 25.2. The van der Waals surface area contributed by atoms with E-state index in [-0.39, 0.29) is 12.2 Å². The van der Waals surface area contributed by atoms with E-state index in [1.807, 2.05) is 73.0 Å². The molecule has 2 aromatic carbocycles. The lowest BCUT2D eigenvalue weighted by molar-refractivity contribution is -0.138. The molecule has 4 aromatic rings. The highest BCUT2D eigenvalue weighted by molar-refractivity contribution is 14.1. The summed E-state index contributed by atoms with van der Waals surface area (Å²) in [6.07, 6.45) is 3.72. The molecule has 3 heterocycles. The van der Waals surface area contributed by atoms with Gasteiger partial charge in [0.05, 0.1) is 28.5 Å². The summed E-state index contributed by atoms with van der Waals surface area (Å²) in [4.78, 5) is 33.6. The highest BCUT2D eigenvalue weighted by Crippen LogP contribution is 2.35. The highest BCUT2D eigenvalue weighted by Gasteiger charge is 2.35. The minimum Gasteiger partial charge on any atom is -0.463 e. The van der Waals surface area contributed by atoms with E-state index in [1.54, 1.807) is 29.3 Å². The molecule has 0 saturated carbocycles. The van der Waals surface area contributed by atoms with Gasteiger partial charge in [-0.15, -0.1) is 11.8 Å². The summed E-state index contributed by atoms with van der Waals surface area (Å²) in [6.45, 7) is 1.98. The number of fused-ring (bicyclic) bond motifs is 1. The molecule has 0 N–H and O–H groups in total. The number of esters is 1. The van der Waals surface area contributed by atoms with Crippen LogP contribution in [0.5, 0.6) is 0 Å². The van der Waals surface area contributed by atoms with Gasteiger partial charge in [0.1, 0.15) is 5.76 Å². The maximum absolute atomic E-state index is 13.8. The molecule has 0 unspecified atom stereocenters. The Hall–Kier alpha value is -2.89. The Labute approximate surface area is 229 Å². The van der Waals surface area contributed by atoms with Crippen molar-refractivity contribution in [1.82, 2.24) is 4.57 Å². The summed E-state index contributed by atoms with van der Waals surface area (Å²) in [5.74, 6) is 0.0901. The predicted molar refractivity (Wildman–Crippen MR) is 151 cm³/mol. The van der Waals surface area contributed by atoms with Crippen LogP contribution in [0.25, 0.3) is 11.8 Å². The molecule has 1 atom stereocenters. The summed E-state index contributed by atoms with van der Waals surface area (Å²) in [6, 6.07) is 20.4. The van der Waals surface area contributed by atoms with Crippen LogP contribution in [0.3, 0.4) is 0 Å². The summed E-state index contributed by atoms with van der Waals surface area (Å²) in [5, 5.41) is 0. The van der Waals surface area contributed by atoms with E-state index >= 15 is 0 Å². The van der Waals surface area contributed by atoms with Gasteiger partial charge in [-0.25, -0.2) is 9.79 Å². The molecular weight excluding hydrogens is 607 g/mol. The lowest BCUT2D eigenvalue weighted by Gasteiger charge is -2.26. The molecule has 9 heteroatoms. The van der Waals surface area contributed by atoms with Gasteiger partial charge in [0.25, 0.3) is 5.56 Å². The van der Waals surface area contributed by atoms with Crippen LogP contribution < -0.4 is 14.9 Å². The van der Waals surface area contributed by atoms with Crippen LogP contribution in [-0.4, -0.2) is 23.4 Å². The second-order valence-electron chi connectivity index (χ2n) is 7.85.